The summed E-state index contributed by atoms with van der Waals surface area (Å²) >= 11 is 5.45. The van der Waals surface area contributed by atoms with Crippen molar-refractivity contribution >= 4 is 29.0 Å². The number of carbonyl (C=O) groups is 1. The van der Waals surface area contributed by atoms with Crippen LogP contribution in [-0.2, 0) is 4.74 Å². The highest BCUT2D eigenvalue weighted by Gasteiger charge is 2.14. The normalized spacial score (nSPS) is 10.4. The Morgan fingerprint density at radius 2 is 1.43 bits per heavy atom. The summed E-state index contributed by atoms with van der Waals surface area (Å²) in [6.07, 6.45) is 0. The first-order valence-corrected chi connectivity index (χ1v) is 9.41. The number of anilines is 1. The highest BCUT2D eigenvalue weighted by Crippen LogP contribution is 2.23. The predicted octanol–water partition coefficient (Wildman–Crippen LogP) is 4.59. The molecule has 28 heavy (non-hydrogen) atoms. The number of carbonyl (C=O) groups excluding carboxylic acids is 1. The van der Waals surface area contributed by atoms with Gasteiger partial charge >= 0.3 is 5.97 Å². The van der Waals surface area contributed by atoms with E-state index in [9.17, 15) is 4.79 Å². The standard InChI is InChI=1S/C23H22N2O2S/c1-27-22(26)19-12-14-20(15-13-19)25-23(28)24-16-21(17-8-4-2-5-9-17)18-10-6-3-7-11-18/h2-15,21H,16H2,1H3,(H2,24,25,28). The van der Waals surface area contributed by atoms with E-state index in [4.69, 9.17) is 17.0 Å². The highest BCUT2D eigenvalue weighted by atomic mass is 32.1. The summed E-state index contributed by atoms with van der Waals surface area (Å²) in [5.74, 6) is -0.176. The van der Waals surface area contributed by atoms with Crippen molar-refractivity contribution in [3.8, 4) is 0 Å². The van der Waals surface area contributed by atoms with E-state index in [0.29, 0.717) is 17.2 Å². The maximum absolute atomic E-state index is 11.5. The van der Waals surface area contributed by atoms with Crippen molar-refractivity contribution in [1.82, 2.24) is 5.32 Å². The van der Waals surface area contributed by atoms with Gasteiger partial charge in [-0.3, -0.25) is 0 Å². The van der Waals surface area contributed by atoms with Crippen LogP contribution in [0.2, 0.25) is 0 Å². The van der Waals surface area contributed by atoms with Crippen LogP contribution in [-0.4, -0.2) is 24.7 Å². The Labute approximate surface area is 170 Å². The first-order chi connectivity index (χ1) is 13.7. The molecule has 0 amide bonds. The molecule has 3 rings (SSSR count). The molecule has 3 aromatic rings. The van der Waals surface area contributed by atoms with Crippen LogP contribution in [0.25, 0.3) is 0 Å². The van der Waals surface area contributed by atoms with Gasteiger partial charge in [-0.15, -0.1) is 0 Å². The summed E-state index contributed by atoms with van der Waals surface area (Å²) < 4.78 is 4.71. The summed E-state index contributed by atoms with van der Waals surface area (Å²) in [7, 11) is 1.36. The van der Waals surface area contributed by atoms with Crippen LogP contribution in [0.3, 0.4) is 0 Å². The molecule has 0 heterocycles. The molecule has 0 spiro atoms. The summed E-state index contributed by atoms with van der Waals surface area (Å²) in [6, 6.07) is 27.7. The number of hydrogen-bond donors (Lipinski definition) is 2. The average molecular weight is 391 g/mol. The zero-order chi connectivity index (χ0) is 19.8. The van der Waals surface area contributed by atoms with Gasteiger partial charge in [0, 0.05) is 18.2 Å². The van der Waals surface area contributed by atoms with E-state index in [1.54, 1.807) is 24.3 Å². The molecule has 2 N–H and O–H groups in total. The van der Waals surface area contributed by atoms with Crippen LogP contribution in [0.4, 0.5) is 5.69 Å². The second kappa shape index (κ2) is 9.67. The molecule has 0 unspecified atom stereocenters. The summed E-state index contributed by atoms with van der Waals surface area (Å²) in [5, 5.41) is 6.99. The summed E-state index contributed by atoms with van der Waals surface area (Å²) in [6.45, 7) is 0.667. The lowest BCUT2D eigenvalue weighted by molar-refractivity contribution is 0.0601. The number of nitrogens with one attached hydrogen (secondary N) is 2. The maximum atomic E-state index is 11.5. The smallest absolute Gasteiger partial charge is 0.337 e. The lowest BCUT2D eigenvalue weighted by atomic mass is 9.91. The van der Waals surface area contributed by atoms with Gasteiger partial charge in [0.25, 0.3) is 0 Å². The predicted molar refractivity (Wildman–Crippen MR) is 117 cm³/mol. The van der Waals surface area contributed by atoms with Crippen LogP contribution < -0.4 is 10.6 Å². The first-order valence-electron chi connectivity index (χ1n) is 9.00. The van der Waals surface area contributed by atoms with Gasteiger partial charge in [0.2, 0.25) is 0 Å². The van der Waals surface area contributed by atoms with Crippen LogP contribution >= 0.6 is 12.2 Å². The molecule has 0 aliphatic rings. The SMILES string of the molecule is COC(=O)c1ccc(NC(=S)NCC(c2ccccc2)c2ccccc2)cc1. The van der Waals surface area contributed by atoms with E-state index >= 15 is 0 Å². The van der Waals surface area contributed by atoms with Gasteiger partial charge in [-0.2, -0.15) is 0 Å². The van der Waals surface area contributed by atoms with Crippen LogP contribution in [0.1, 0.15) is 27.4 Å². The molecule has 0 bridgehead atoms. The van der Waals surface area contributed by atoms with Crippen molar-refractivity contribution < 1.29 is 9.53 Å². The van der Waals surface area contributed by atoms with Crippen LogP contribution in [0.15, 0.2) is 84.9 Å². The van der Waals surface area contributed by atoms with Crippen molar-refractivity contribution in [3.05, 3.63) is 102 Å². The number of rotatable bonds is 6. The van der Waals surface area contributed by atoms with Crippen LogP contribution in [0.5, 0.6) is 0 Å². The van der Waals surface area contributed by atoms with Crippen molar-refractivity contribution in [2.24, 2.45) is 0 Å². The van der Waals surface area contributed by atoms with Crippen LogP contribution in [0, 0.1) is 0 Å². The molecule has 0 aliphatic heterocycles. The molecule has 0 saturated carbocycles. The van der Waals surface area contributed by atoms with Gasteiger partial charge in [-0.1, -0.05) is 60.7 Å². The molecule has 3 aromatic carbocycles. The molecule has 4 nitrogen and oxygen atoms in total. The number of thiocarbonyl (C=S) groups is 1. The molecule has 0 aliphatic carbocycles. The topological polar surface area (TPSA) is 50.4 Å². The van der Waals surface area contributed by atoms with E-state index in [1.807, 2.05) is 36.4 Å². The zero-order valence-corrected chi connectivity index (χ0v) is 16.4. The third-order valence-corrected chi connectivity index (χ3v) is 4.68. The van der Waals surface area contributed by atoms with E-state index in [2.05, 4.69) is 34.9 Å². The lowest BCUT2D eigenvalue weighted by Gasteiger charge is -2.20. The number of benzene rings is 3. The Bertz CT molecular complexity index is 873. The first kappa shape index (κ1) is 19.6. The summed E-state index contributed by atoms with van der Waals surface area (Å²) in [4.78, 5) is 11.5. The van der Waals surface area contributed by atoms with Gasteiger partial charge in [-0.05, 0) is 47.6 Å². The van der Waals surface area contributed by atoms with E-state index in [0.717, 1.165) is 5.69 Å². The minimum absolute atomic E-state index is 0.184. The summed E-state index contributed by atoms with van der Waals surface area (Å²) in [5.41, 5.74) is 3.76. The Balaban J connectivity index is 1.65. The highest BCUT2D eigenvalue weighted by molar-refractivity contribution is 7.80. The Hall–Kier alpha value is -3.18. The fraction of sp³-hybridized carbons (Fsp3) is 0.130. The third-order valence-electron chi connectivity index (χ3n) is 4.43. The molecular weight excluding hydrogens is 368 g/mol. The fourth-order valence-electron chi connectivity index (χ4n) is 2.98. The zero-order valence-electron chi connectivity index (χ0n) is 15.6. The average Bonchev–Trinajstić information content (AvgIpc) is 2.75. The number of hydrogen-bond acceptors (Lipinski definition) is 3. The Kier molecular flexibility index (Phi) is 6.76. The Morgan fingerprint density at radius 3 is 1.93 bits per heavy atom. The van der Waals surface area contributed by atoms with Gasteiger partial charge in [0.05, 0.1) is 12.7 Å². The molecular formula is C23H22N2O2S. The quantitative estimate of drug-likeness (QED) is 0.476. The van der Waals surface area contributed by atoms with Gasteiger partial charge in [-0.25, -0.2) is 4.79 Å². The second-order valence-corrected chi connectivity index (χ2v) is 6.69. The van der Waals surface area contributed by atoms with E-state index in [1.165, 1.54) is 18.2 Å². The molecule has 0 radical (unpaired) electrons. The molecule has 0 saturated heterocycles. The molecule has 142 valence electrons. The molecule has 5 heteroatoms. The second-order valence-electron chi connectivity index (χ2n) is 6.28. The molecule has 0 fully saturated rings. The van der Waals surface area contributed by atoms with Gasteiger partial charge in [0.1, 0.15) is 0 Å². The third kappa shape index (κ3) is 5.18. The monoisotopic (exact) mass is 390 g/mol. The maximum Gasteiger partial charge on any atom is 0.337 e. The fourth-order valence-corrected chi connectivity index (χ4v) is 3.18. The van der Waals surface area contributed by atoms with Crippen molar-refractivity contribution in [2.75, 3.05) is 19.0 Å². The minimum atomic E-state index is -0.360. The van der Waals surface area contributed by atoms with E-state index < -0.39 is 0 Å². The van der Waals surface area contributed by atoms with Gasteiger partial charge in [0.15, 0.2) is 5.11 Å². The van der Waals surface area contributed by atoms with Crippen molar-refractivity contribution in [1.29, 1.82) is 0 Å². The number of ether oxygens (including phenoxy) is 1. The minimum Gasteiger partial charge on any atom is -0.465 e. The van der Waals surface area contributed by atoms with Crippen molar-refractivity contribution in [3.63, 3.8) is 0 Å². The molecule has 0 atom stereocenters. The number of esters is 1. The largest absolute Gasteiger partial charge is 0.465 e. The lowest BCUT2D eigenvalue weighted by Crippen LogP contribution is -2.32. The van der Waals surface area contributed by atoms with Gasteiger partial charge < -0.3 is 15.4 Å². The molecule has 0 aromatic heterocycles. The Morgan fingerprint density at radius 1 is 0.893 bits per heavy atom. The number of methoxy groups -OCH3 is 1. The van der Waals surface area contributed by atoms with E-state index in [-0.39, 0.29) is 11.9 Å². The van der Waals surface area contributed by atoms with Crippen molar-refractivity contribution in [2.45, 2.75) is 5.92 Å².